The van der Waals surface area contributed by atoms with Crippen LogP contribution in [0.25, 0.3) is 0 Å². The van der Waals surface area contributed by atoms with E-state index in [0.29, 0.717) is 18.7 Å². The summed E-state index contributed by atoms with van der Waals surface area (Å²) in [5, 5.41) is 3.09. The van der Waals surface area contributed by atoms with Crippen LogP contribution >= 0.6 is 15.9 Å². The lowest BCUT2D eigenvalue weighted by molar-refractivity contribution is -0.143. The predicted molar refractivity (Wildman–Crippen MR) is 71.7 cm³/mol. The first kappa shape index (κ1) is 15.1. The fourth-order valence-electron chi connectivity index (χ4n) is 1.51. The highest BCUT2D eigenvalue weighted by Crippen LogP contribution is 2.15. The Kier molecular flexibility index (Phi) is 6.29. The van der Waals surface area contributed by atoms with E-state index in [9.17, 15) is 9.18 Å². The average molecular weight is 318 g/mol. The van der Waals surface area contributed by atoms with Crippen molar-refractivity contribution in [2.24, 2.45) is 0 Å². The van der Waals surface area contributed by atoms with E-state index in [4.69, 9.17) is 4.74 Å². The first-order chi connectivity index (χ1) is 8.52. The lowest BCUT2D eigenvalue weighted by atomic mass is 10.2. The molecule has 0 aliphatic heterocycles. The second-order valence-electron chi connectivity index (χ2n) is 4.03. The fraction of sp³-hybridized carbons (Fsp3) is 0.462. The highest BCUT2D eigenvalue weighted by molar-refractivity contribution is 9.10. The molecule has 1 aromatic carbocycles. The van der Waals surface area contributed by atoms with E-state index >= 15 is 0 Å². The number of hydrogen-bond donors (Lipinski definition) is 1. The Morgan fingerprint density at radius 3 is 2.94 bits per heavy atom. The maximum absolute atomic E-state index is 13.5. The van der Waals surface area contributed by atoms with Gasteiger partial charge in [0.05, 0.1) is 13.0 Å². The zero-order valence-electron chi connectivity index (χ0n) is 10.5. The summed E-state index contributed by atoms with van der Waals surface area (Å²) in [7, 11) is 0. The third-order valence-electron chi connectivity index (χ3n) is 2.43. The molecule has 1 atom stereocenters. The molecule has 0 amide bonds. The average Bonchev–Trinajstić information content (AvgIpc) is 2.30. The molecule has 0 radical (unpaired) electrons. The van der Waals surface area contributed by atoms with Gasteiger partial charge in [0.25, 0.3) is 0 Å². The van der Waals surface area contributed by atoms with E-state index in [2.05, 4.69) is 21.2 Å². The molecule has 3 nitrogen and oxygen atoms in total. The number of carbonyl (C=O) groups excluding carboxylic acids is 1. The van der Waals surface area contributed by atoms with Gasteiger partial charge in [-0.2, -0.15) is 0 Å². The smallest absolute Gasteiger partial charge is 0.307 e. The van der Waals surface area contributed by atoms with Gasteiger partial charge in [-0.1, -0.05) is 15.9 Å². The van der Waals surface area contributed by atoms with Gasteiger partial charge >= 0.3 is 5.97 Å². The molecule has 18 heavy (non-hydrogen) atoms. The molecular formula is C13H17BrFNO2. The van der Waals surface area contributed by atoms with Crippen LogP contribution < -0.4 is 5.32 Å². The first-order valence-electron chi connectivity index (χ1n) is 5.85. The number of ether oxygens (including phenoxy) is 1. The lowest BCUT2D eigenvalue weighted by Crippen LogP contribution is -2.29. The molecule has 0 aromatic heterocycles. The first-order valence-corrected chi connectivity index (χ1v) is 6.65. The summed E-state index contributed by atoms with van der Waals surface area (Å²) in [6.45, 7) is 4.40. The van der Waals surface area contributed by atoms with Crippen molar-refractivity contribution in [3.63, 3.8) is 0 Å². The topological polar surface area (TPSA) is 38.3 Å². The summed E-state index contributed by atoms with van der Waals surface area (Å²) in [6.07, 6.45) is 0.281. The van der Waals surface area contributed by atoms with Crippen LogP contribution in [0.5, 0.6) is 0 Å². The summed E-state index contributed by atoms with van der Waals surface area (Å²) < 4.78 is 19.1. The van der Waals surface area contributed by atoms with Crippen LogP contribution in [-0.2, 0) is 16.1 Å². The Labute approximate surface area is 115 Å². The van der Waals surface area contributed by atoms with Crippen LogP contribution in [0.15, 0.2) is 22.7 Å². The third kappa shape index (κ3) is 5.14. The second-order valence-corrected chi connectivity index (χ2v) is 4.94. The summed E-state index contributed by atoms with van der Waals surface area (Å²) >= 11 is 3.30. The minimum atomic E-state index is -0.256. The van der Waals surface area contributed by atoms with Crippen LogP contribution in [0, 0.1) is 5.82 Å². The van der Waals surface area contributed by atoms with Gasteiger partial charge < -0.3 is 10.1 Å². The van der Waals surface area contributed by atoms with Crippen molar-refractivity contribution >= 4 is 21.9 Å². The van der Waals surface area contributed by atoms with Gasteiger partial charge in [0.15, 0.2) is 0 Å². The van der Waals surface area contributed by atoms with Gasteiger partial charge in [-0.3, -0.25) is 4.79 Å². The van der Waals surface area contributed by atoms with Crippen molar-refractivity contribution in [2.45, 2.75) is 32.9 Å². The van der Waals surface area contributed by atoms with Crippen LogP contribution in [0.4, 0.5) is 4.39 Å². The maximum atomic E-state index is 13.5. The molecule has 0 aliphatic rings. The Morgan fingerprint density at radius 1 is 1.56 bits per heavy atom. The van der Waals surface area contributed by atoms with E-state index in [1.165, 1.54) is 6.07 Å². The number of benzene rings is 1. The van der Waals surface area contributed by atoms with E-state index < -0.39 is 0 Å². The van der Waals surface area contributed by atoms with Crippen LogP contribution in [0.1, 0.15) is 25.8 Å². The van der Waals surface area contributed by atoms with E-state index in [-0.39, 0.29) is 24.2 Å². The molecule has 1 unspecified atom stereocenters. The molecule has 0 saturated heterocycles. The molecule has 0 saturated carbocycles. The highest BCUT2D eigenvalue weighted by Gasteiger charge is 2.10. The van der Waals surface area contributed by atoms with Gasteiger partial charge in [0, 0.05) is 22.6 Å². The SMILES string of the molecule is CCOC(=O)CC(C)NCc1cc(Br)ccc1F. The van der Waals surface area contributed by atoms with E-state index in [0.717, 1.165) is 4.47 Å². The number of esters is 1. The fourth-order valence-corrected chi connectivity index (χ4v) is 1.91. The largest absolute Gasteiger partial charge is 0.466 e. The Bertz CT molecular complexity index is 412. The Hall–Kier alpha value is -0.940. The van der Waals surface area contributed by atoms with Crippen molar-refractivity contribution < 1.29 is 13.9 Å². The second kappa shape index (κ2) is 7.48. The third-order valence-corrected chi connectivity index (χ3v) is 2.92. The van der Waals surface area contributed by atoms with Crippen molar-refractivity contribution in [2.75, 3.05) is 6.61 Å². The Balaban J connectivity index is 2.44. The number of carbonyl (C=O) groups is 1. The highest BCUT2D eigenvalue weighted by atomic mass is 79.9. The zero-order chi connectivity index (χ0) is 13.5. The lowest BCUT2D eigenvalue weighted by Gasteiger charge is -2.13. The van der Waals surface area contributed by atoms with Gasteiger partial charge in [-0.05, 0) is 32.0 Å². The van der Waals surface area contributed by atoms with Crippen molar-refractivity contribution in [3.05, 3.63) is 34.1 Å². The van der Waals surface area contributed by atoms with Gasteiger partial charge in [0.2, 0.25) is 0 Å². The zero-order valence-corrected chi connectivity index (χ0v) is 12.1. The normalized spacial score (nSPS) is 12.2. The molecule has 100 valence electrons. The van der Waals surface area contributed by atoms with Crippen molar-refractivity contribution in [1.29, 1.82) is 0 Å². The number of halogens is 2. The quantitative estimate of drug-likeness (QED) is 0.820. The number of hydrogen-bond acceptors (Lipinski definition) is 3. The molecule has 1 N–H and O–H groups in total. The molecule has 0 fully saturated rings. The number of rotatable bonds is 6. The summed E-state index contributed by atoms with van der Waals surface area (Å²) in [5.41, 5.74) is 0.570. The maximum Gasteiger partial charge on any atom is 0.307 e. The molecule has 0 spiro atoms. The molecule has 1 aromatic rings. The van der Waals surface area contributed by atoms with Crippen LogP contribution in [-0.4, -0.2) is 18.6 Å². The molecule has 0 aliphatic carbocycles. The summed E-state index contributed by atoms with van der Waals surface area (Å²) in [6, 6.07) is 4.74. The summed E-state index contributed by atoms with van der Waals surface area (Å²) in [4.78, 5) is 11.2. The van der Waals surface area contributed by atoms with Gasteiger partial charge in [-0.15, -0.1) is 0 Å². The van der Waals surface area contributed by atoms with Crippen molar-refractivity contribution in [1.82, 2.24) is 5.32 Å². The molecule has 0 heterocycles. The minimum absolute atomic E-state index is 0.0533. The van der Waals surface area contributed by atoms with E-state index in [1.54, 1.807) is 19.1 Å². The monoisotopic (exact) mass is 317 g/mol. The van der Waals surface area contributed by atoms with E-state index in [1.807, 2.05) is 6.92 Å². The number of nitrogens with one attached hydrogen (secondary N) is 1. The standard InChI is InChI=1S/C13H17BrFNO2/c1-3-18-13(17)6-9(2)16-8-10-7-11(14)4-5-12(10)15/h4-5,7,9,16H,3,6,8H2,1-2H3. The van der Waals surface area contributed by atoms with Gasteiger partial charge in [-0.25, -0.2) is 4.39 Å². The predicted octanol–water partition coefficient (Wildman–Crippen LogP) is 3.02. The van der Waals surface area contributed by atoms with Crippen LogP contribution in [0.3, 0.4) is 0 Å². The molecule has 1 rings (SSSR count). The molecule has 5 heteroatoms. The Morgan fingerprint density at radius 2 is 2.28 bits per heavy atom. The molecular weight excluding hydrogens is 301 g/mol. The minimum Gasteiger partial charge on any atom is -0.466 e. The molecule has 0 bridgehead atoms. The van der Waals surface area contributed by atoms with Crippen molar-refractivity contribution in [3.8, 4) is 0 Å². The van der Waals surface area contributed by atoms with Crippen LogP contribution in [0.2, 0.25) is 0 Å². The summed E-state index contributed by atoms with van der Waals surface area (Å²) in [5.74, 6) is -0.499. The van der Waals surface area contributed by atoms with Gasteiger partial charge in [0.1, 0.15) is 5.82 Å².